The third-order valence-corrected chi connectivity index (χ3v) is 2.73. The Hall–Kier alpha value is -0.930. The van der Waals surface area contributed by atoms with Crippen LogP contribution in [0.2, 0.25) is 0 Å². The second-order valence-corrected chi connectivity index (χ2v) is 4.20. The molecule has 76 valence electrons. The van der Waals surface area contributed by atoms with Crippen molar-refractivity contribution in [1.82, 2.24) is 0 Å². The van der Waals surface area contributed by atoms with Crippen LogP contribution < -0.4 is 5.73 Å². The fourth-order valence-corrected chi connectivity index (χ4v) is 2.04. The zero-order chi connectivity index (χ0) is 10.2. The van der Waals surface area contributed by atoms with E-state index >= 15 is 0 Å². The molecule has 0 saturated heterocycles. The van der Waals surface area contributed by atoms with Gasteiger partial charge >= 0.3 is 0 Å². The van der Waals surface area contributed by atoms with Gasteiger partial charge in [0.2, 0.25) is 0 Å². The van der Waals surface area contributed by atoms with E-state index < -0.39 is 5.60 Å². The number of nitrogens with two attached hydrogens (primary N) is 1. The number of hydrogen-bond acceptors (Lipinski definition) is 2. The summed E-state index contributed by atoms with van der Waals surface area (Å²) in [5.74, 6) is -0.244. The summed E-state index contributed by atoms with van der Waals surface area (Å²) < 4.78 is 12.6. The highest BCUT2D eigenvalue weighted by Crippen LogP contribution is 2.33. The first-order valence-corrected chi connectivity index (χ1v) is 4.80. The lowest BCUT2D eigenvalue weighted by Gasteiger charge is -2.41. The number of aliphatic hydroxyl groups is 1. The van der Waals surface area contributed by atoms with Crippen LogP contribution in [0.3, 0.4) is 0 Å². The predicted molar refractivity (Wildman–Crippen MR) is 52.3 cm³/mol. The van der Waals surface area contributed by atoms with Crippen molar-refractivity contribution in [2.45, 2.75) is 30.9 Å². The molecule has 1 saturated carbocycles. The predicted octanol–water partition coefficient (Wildman–Crippen LogP) is 1.22. The molecule has 1 aromatic carbocycles. The van der Waals surface area contributed by atoms with Crippen molar-refractivity contribution < 1.29 is 9.50 Å². The van der Waals surface area contributed by atoms with E-state index in [0.717, 1.165) is 5.56 Å². The van der Waals surface area contributed by atoms with Gasteiger partial charge in [-0.3, -0.25) is 0 Å². The third-order valence-electron chi connectivity index (χ3n) is 2.73. The first kappa shape index (κ1) is 9.62. The first-order chi connectivity index (χ1) is 6.57. The summed E-state index contributed by atoms with van der Waals surface area (Å²) >= 11 is 0. The summed E-state index contributed by atoms with van der Waals surface area (Å²) in [6.07, 6.45) is 1.86. The van der Waals surface area contributed by atoms with Crippen molar-refractivity contribution in [3.8, 4) is 0 Å². The molecule has 1 aromatic rings. The average Bonchev–Trinajstić information content (AvgIpc) is 2.07. The molecule has 0 heterocycles. The monoisotopic (exact) mass is 195 g/mol. The van der Waals surface area contributed by atoms with E-state index in [-0.39, 0.29) is 11.9 Å². The fourth-order valence-electron chi connectivity index (χ4n) is 2.04. The van der Waals surface area contributed by atoms with E-state index in [1.807, 2.05) is 0 Å². The summed E-state index contributed by atoms with van der Waals surface area (Å²) in [6, 6.07) is 6.36. The van der Waals surface area contributed by atoms with Crippen molar-refractivity contribution in [3.63, 3.8) is 0 Å². The molecule has 0 unspecified atom stereocenters. The van der Waals surface area contributed by atoms with Crippen molar-refractivity contribution in [2.75, 3.05) is 0 Å². The average molecular weight is 195 g/mol. The molecule has 1 fully saturated rings. The minimum atomic E-state index is -0.656. The van der Waals surface area contributed by atoms with Gasteiger partial charge in [-0.05, 0) is 30.5 Å². The number of rotatable bonds is 2. The van der Waals surface area contributed by atoms with E-state index in [0.29, 0.717) is 19.3 Å². The van der Waals surface area contributed by atoms with E-state index in [1.54, 1.807) is 12.1 Å². The minimum absolute atomic E-state index is 0.125. The maximum atomic E-state index is 12.6. The lowest BCUT2D eigenvalue weighted by atomic mass is 9.73. The van der Waals surface area contributed by atoms with Crippen LogP contribution in [-0.4, -0.2) is 16.7 Å². The van der Waals surface area contributed by atoms with Crippen LogP contribution in [0.15, 0.2) is 24.3 Å². The second kappa shape index (κ2) is 3.33. The molecule has 0 amide bonds. The van der Waals surface area contributed by atoms with Gasteiger partial charge in [-0.1, -0.05) is 12.1 Å². The molecule has 1 aliphatic rings. The molecule has 0 aromatic heterocycles. The fraction of sp³-hybridized carbons (Fsp3) is 0.455. The highest BCUT2D eigenvalue weighted by atomic mass is 19.1. The lowest BCUT2D eigenvalue weighted by Crippen LogP contribution is -2.52. The zero-order valence-corrected chi connectivity index (χ0v) is 7.91. The third kappa shape index (κ3) is 1.94. The molecule has 1 aliphatic carbocycles. The SMILES string of the molecule is NC1CC(O)(Cc2ccc(F)cc2)C1. The second-order valence-electron chi connectivity index (χ2n) is 4.20. The molecule has 14 heavy (non-hydrogen) atoms. The Morgan fingerprint density at radius 3 is 2.43 bits per heavy atom. The Kier molecular flexibility index (Phi) is 2.29. The molecule has 0 atom stereocenters. The molecule has 2 nitrogen and oxygen atoms in total. The molecular weight excluding hydrogens is 181 g/mol. The van der Waals surface area contributed by atoms with Gasteiger partial charge in [-0.2, -0.15) is 0 Å². The topological polar surface area (TPSA) is 46.2 Å². The van der Waals surface area contributed by atoms with Gasteiger partial charge in [0.05, 0.1) is 5.60 Å². The molecule has 3 heteroatoms. The lowest BCUT2D eigenvalue weighted by molar-refractivity contribution is -0.0455. The Morgan fingerprint density at radius 1 is 1.36 bits per heavy atom. The summed E-state index contributed by atoms with van der Waals surface area (Å²) in [4.78, 5) is 0. The van der Waals surface area contributed by atoms with Crippen LogP contribution in [0.4, 0.5) is 4.39 Å². The van der Waals surface area contributed by atoms with Crippen LogP contribution in [0.25, 0.3) is 0 Å². The highest BCUT2D eigenvalue weighted by Gasteiger charge is 2.40. The number of hydrogen-bond donors (Lipinski definition) is 2. The summed E-state index contributed by atoms with van der Waals surface area (Å²) in [6.45, 7) is 0. The maximum Gasteiger partial charge on any atom is 0.123 e. The summed E-state index contributed by atoms with van der Waals surface area (Å²) in [7, 11) is 0. The minimum Gasteiger partial charge on any atom is -0.389 e. The van der Waals surface area contributed by atoms with E-state index in [4.69, 9.17) is 5.73 Å². The standard InChI is InChI=1S/C11H14FNO/c12-9-3-1-8(2-4-9)5-11(14)6-10(13)7-11/h1-4,10,14H,5-7,13H2. The van der Waals surface area contributed by atoms with Gasteiger partial charge in [-0.25, -0.2) is 4.39 Å². The molecule has 2 rings (SSSR count). The van der Waals surface area contributed by atoms with Crippen LogP contribution in [0.5, 0.6) is 0 Å². The Morgan fingerprint density at radius 2 is 1.93 bits per heavy atom. The summed E-state index contributed by atoms with van der Waals surface area (Å²) in [5.41, 5.74) is 5.92. The Labute approximate surface area is 82.5 Å². The van der Waals surface area contributed by atoms with Crippen molar-refractivity contribution in [3.05, 3.63) is 35.6 Å². The summed E-state index contributed by atoms with van der Waals surface area (Å²) in [5, 5.41) is 9.93. The van der Waals surface area contributed by atoms with Crippen LogP contribution in [-0.2, 0) is 6.42 Å². The highest BCUT2D eigenvalue weighted by molar-refractivity contribution is 5.19. The van der Waals surface area contributed by atoms with E-state index in [9.17, 15) is 9.50 Å². The smallest absolute Gasteiger partial charge is 0.123 e. The Bertz CT molecular complexity index is 317. The molecule has 0 bridgehead atoms. The van der Waals surface area contributed by atoms with E-state index in [1.165, 1.54) is 12.1 Å². The molecule has 0 spiro atoms. The number of benzene rings is 1. The first-order valence-electron chi connectivity index (χ1n) is 4.80. The quantitative estimate of drug-likeness (QED) is 0.745. The number of halogens is 1. The van der Waals surface area contributed by atoms with Crippen molar-refractivity contribution >= 4 is 0 Å². The van der Waals surface area contributed by atoms with Gasteiger partial charge in [0.15, 0.2) is 0 Å². The molecule has 0 aliphatic heterocycles. The van der Waals surface area contributed by atoms with Gasteiger partial charge in [0.25, 0.3) is 0 Å². The van der Waals surface area contributed by atoms with Crippen molar-refractivity contribution in [2.24, 2.45) is 5.73 Å². The van der Waals surface area contributed by atoms with E-state index in [2.05, 4.69) is 0 Å². The maximum absolute atomic E-state index is 12.6. The normalized spacial score (nSPS) is 31.2. The van der Waals surface area contributed by atoms with Gasteiger partial charge in [0.1, 0.15) is 5.82 Å². The van der Waals surface area contributed by atoms with Crippen molar-refractivity contribution in [1.29, 1.82) is 0 Å². The van der Waals surface area contributed by atoms with Crippen LogP contribution >= 0.6 is 0 Å². The largest absolute Gasteiger partial charge is 0.389 e. The van der Waals surface area contributed by atoms with Gasteiger partial charge < -0.3 is 10.8 Å². The molecule has 0 radical (unpaired) electrons. The van der Waals surface area contributed by atoms with Gasteiger partial charge in [0, 0.05) is 12.5 Å². The molecule has 3 N–H and O–H groups in total. The zero-order valence-electron chi connectivity index (χ0n) is 7.91. The molecular formula is C11H14FNO. The van der Waals surface area contributed by atoms with Crippen LogP contribution in [0.1, 0.15) is 18.4 Å². The van der Waals surface area contributed by atoms with Gasteiger partial charge in [-0.15, -0.1) is 0 Å². The van der Waals surface area contributed by atoms with Crippen LogP contribution in [0, 0.1) is 5.82 Å². The Balaban J connectivity index is 2.01.